The lowest BCUT2D eigenvalue weighted by Crippen LogP contribution is -1.98. The fraction of sp³-hybridized carbons (Fsp3) is 0.0833. The lowest BCUT2D eigenvalue weighted by Gasteiger charge is -2.05. The second-order valence-electron chi connectivity index (χ2n) is 6.53. The summed E-state index contributed by atoms with van der Waals surface area (Å²) in [6.45, 7) is 0. The molecule has 0 aliphatic rings. The van der Waals surface area contributed by atoms with Gasteiger partial charge in [0.25, 0.3) is 0 Å². The standard InChI is InChI=1S/C24H21N3O3/c1-28-19-8-3-16(4-9-19)24-21-15-17(5-12-23(21)27-30-24)22(13-14-25)26-18-6-10-20(29-2)11-7-18/h3-15H,25H2,1-2H3. The Balaban J connectivity index is 1.77. The van der Waals surface area contributed by atoms with E-state index in [-0.39, 0.29) is 0 Å². The van der Waals surface area contributed by atoms with Crippen LogP contribution in [0.4, 0.5) is 5.69 Å². The fourth-order valence-corrected chi connectivity index (χ4v) is 3.14. The molecule has 150 valence electrons. The molecule has 0 bridgehead atoms. The molecule has 0 fully saturated rings. The van der Waals surface area contributed by atoms with Crippen molar-refractivity contribution in [3.63, 3.8) is 0 Å². The van der Waals surface area contributed by atoms with E-state index < -0.39 is 0 Å². The molecule has 3 aromatic carbocycles. The first-order valence-corrected chi connectivity index (χ1v) is 9.37. The number of hydrogen-bond donors (Lipinski definition) is 1. The molecule has 0 atom stereocenters. The molecule has 0 unspecified atom stereocenters. The quantitative estimate of drug-likeness (QED) is 0.456. The van der Waals surface area contributed by atoms with Gasteiger partial charge in [-0.2, -0.15) is 0 Å². The molecule has 0 aliphatic heterocycles. The molecular formula is C24H21N3O3. The van der Waals surface area contributed by atoms with Gasteiger partial charge in [-0.25, -0.2) is 4.99 Å². The summed E-state index contributed by atoms with van der Waals surface area (Å²) in [6, 6.07) is 21.1. The smallest absolute Gasteiger partial charge is 0.174 e. The van der Waals surface area contributed by atoms with Crippen LogP contribution in [0.3, 0.4) is 0 Å². The second kappa shape index (κ2) is 8.53. The van der Waals surface area contributed by atoms with E-state index >= 15 is 0 Å². The number of allylic oxidation sites excluding steroid dienone is 1. The minimum atomic E-state index is 0.690. The molecule has 1 aromatic heterocycles. The summed E-state index contributed by atoms with van der Waals surface area (Å²) >= 11 is 0. The van der Waals surface area contributed by atoms with Gasteiger partial charge in [0, 0.05) is 11.1 Å². The van der Waals surface area contributed by atoms with E-state index in [1.54, 1.807) is 20.3 Å². The van der Waals surface area contributed by atoms with E-state index in [0.29, 0.717) is 5.76 Å². The average Bonchev–Trinajstić information content (AvgIpc) is 3.22. The normalized spacial score (nSPS) is 11.9. The van der Waals surface area contributed by atoms with Crippen LogP contribution in [-0.2, 0) is 0 Å². The molecule has 0 aliphatic carbocycles. The maximum atomic E-state index is 5.68. The molecule has 1 heterocycles. The van der Waals surface area contributed by atoms with E-state index in [0.717, 1.165) is 44.9 Å². The van der Waals surface area contributed by atoms with E-state index in [4.69, 9.17) is 24.7 Å². The van der Waals surface area contributed by atoms with Crippen molar-refractivity contribution < 1.29 is 14.0 Å². The largest absolute Gasteiger partial charge is 0.497 e. The summed E-state index contributed by atoms with van der Waals surface area (Å²) in [5, 5.41) is 5.08. The highest BCUT2D eigenvalue weighted by Crippen LogP contribution is 2.31. The highest BCUT2D eigenvalue weighted by Gasteiger charge is 2.13. The third-order valence-electron chi connectivity index (χ3n) is 4.70. The number of aliphatic imine (C=N–C) groups is 1. The molecule has 4 aromatic rings. The summed E-state index contributed by atoms with van der Waals surface area (Å²) < 4.78 is 16.1. The summed E-state index contributed by atoms with van der Waals surface area (Å²) in [6.07, 6.45) is 3.25. The van der Waals surface area contributed by atoms with Crippen LogP contribution in [-0.4, -0.2) is 25.1 Å². The van der Waals surface area contributed by atoms with Gasteiger partial charge in [-0.3, -0.25) is 0 Å². The number of rotatable bonds is 6. The van der Waals surface area contributed by atoms with Crippen LogP contribution in [0, 0.1) is 0 Å². The number of methoxy groups -OCH3 is 2. The van der Waals surface area contributed by atoms with E-state index in [9.17, 15) is 0 Å². The Hall–Kier alpha value is -4.06. The van der Waals surface area contributed by atoms with Crippen LogP contribution in [0.1, 0.15) is 5.56 Å². The molecule has 0 saturated heterocycles. The number of ether oxygens (including phenoxy) is 2. The third-order valence-corrected chi connectivity index (χ3v) is 4.70. The summed E-state index contributed by atoms with van der Waals surface area (Å²) in [5.41, 5.74) is 9.79. The van der Waals surface area contributed by atoms with Crippen molar-refractivity contribution in [3.05, 3.63) is 84.6 Å². The van der Waals surface area contributed by atoms with Crippen molar-refractivity contribution >= 4 is 22.3 Å². The predicted molar refractivity (Wildman–Crippen MR) is 119 cm³/mol. The minimum Gasteiger partial charge on any atom is -0.497 e. The molecule has 0 saturated carbocycles. The zero-order chi connectivity index (χ0) is 20.9. The van der Waals surface area contributed by atoms with Gasteiger partial charge in [-0.05, 0) is 72.9 Å². The second-order valence-corrected chi connectivity index (χ2v) is 6.53. The van der Waals surface area contributed by atoms with Crippen LogP contribution in [0.15, 0.2) is 88.5 Å². The zero-order valence-electron chi connectivity index (χ0n) is 16.7. The van der Waals surface area contributed by atoms with Gasteiger partial charge in [-0.1, -0.05) is 11.2 Å². The molecule has 0 amide bonds. The third kappa shape index (κ3) is 3.89. The monoisotopic (exact) mass is 399 g/mol. The number of hydrogen-bond acceptors (Lipinski definition) is 6. The lowest BCUT2D eigenvalue weighted by atomic mass is 10.0. The van der Waals surface area contributed by atoms with Crippen LogP contribution >= 0.6 is 0 Å². The van der Waals surface area contributed by atoms with Crippen LogP contribution in [0.2, 0.25) is 0 Å². The average molecular weight is 399 g/mol. The van der Waals surface area contributed by atoms with Crippen molar-refractivity contribution in [2.45, 2.75) is 0 Å². The van der Waals surface area contributed by atoms with Crippen LogP contribution in [0.25, 0.3) is 22.2 Å². The van der Waals surface area contributed by atoms with E-state index in [1.165, 1.54) is 6.20 Å². The van der Waals surface area contributed by atoms with Crippen LogP contribution in [0.5, 0.6) is 11.5 Å². The van der Waals surface area contributed by atoms with Crippen LogP contribution < -0.4 is 15.2 Å². The van der Waals surface area contributed by atoms with E-state index in [1.807, 2.05) is 66.7 Å². The number of nitrogens with two attached hydrogens (primary N) is 1. The van der Waals surface area contributed by atoms with Gasteiger partial charge >= 0.3 is 0 Å². The Morgan fingerprint density at radius 1 is 0.933 bits per heavy atom. The van der Waals surface area contributed by atoms with Crippen molar-refractivity contribution in [1.82, 2.24) is 5.16 Å². The summed E-state index contributed by atoms with van der Waals surface area (Å²) in [5.74, 6) is 2.25. The Kier molecular flexibility index (Phi) is 5.48. The summed E-state index contributed by atoms with van der Waals surface area (Å²) in [4.78, 5) is 4.74. The highest BCUT2D eigenvalue weighted by atomic mass is 16.5. The molecule has 6 nitrogen and oxygen atoms in total. The summed E-state index contributed by atoms with van der Waals surface area (Å²) in [7, 11) is 3.27. The Labute approximate surface area is 174 Å². The molecule has 4 rings (SSSR count). The molecule has 0 spiro atoms. The number of aromatic nitrogens is 1. The first-order chi connectivity index (χ1) is 14.7. The molecule has 2 N–H and O–H groups in total. The lowest BCUT2D eigenvalue weighted by molar-refractivity contribution is 0.414. The SMILES string of the molecule is COc1ccc(N=C(C=CN)c2ccc3noc(-c4ccc(OC)cc4)c3c2)cc1. The Morgan fingerprint density at radius 3 is 2.23 bits per heavy atom. The van der Waals surface area contributed by atoms with Crippen molar-refractivity contribution in [1.29, 1.82) is 0 Å². The van der Waals surface area contributed by atoms with Gasteiger partial charge in [0.15, 0.2) is 5.76 Å². The predicted octanol–water partition coefficient (Wildman–Crippen LogP) is 5.11. The number of fused-ring (bicyclic) bond motifs is 1. The van der Waals surface area contributed by atoms with Gasteiger partial charge < -0.3 is 19.7 Å². The fourth-order valence-electron chi connectivity index (χ4n) is 3.14. The van der Waals surface area contributed by atoms with Gasteiger partial charge in [0.2, 0.25) is 0 Å². The van der Waals surface area contributed by atoms with Crippen molar-refractivity contribution in [2.24, 2.45) is 10.7 Å². The Bertz CT molecular complexity index is 1210. The molecule has 0 radical (unpaired) electrons. The topological polar surface area (TPSA) is 82.9 Å². The maximum absolute atomic E-state index is 5.68. The van der Waals surface area contributed by atoms with Gasteiger partial charge in [0.05, 0.1) is 31.0 Å². The van der Waals surface area contributed by atoms with E-state index in [2.05, 4.69) is 5.16 Å². The maximum Gasteiger partial charge on any atom is 0.174 e. The minimum absolute atomic E-state index is 0.690. The first kappa shape index (κ1) is 19.3. The van der Waals surface area contributed by atoms with Crippen molar-refractivity contribution in [3.8, 4) is 22.8 Å². The molecular weight excluding hydrogens is 378 g/mol. The number of nitrogens with zero attached hydrogens (tertiary/aromatic N) is 2. The molecule has 30 heavy (non-hydrogen) atoms. The zero-order valence-corrected chi connectivity index (χ0v) is 16.7. The number of benzene rings is 3. The van der Waals surface area contributed by atoms with Gasteiger partial charge in [-0.15, -0.1) is 0 Å². The first-order valence-electron chi connectivity index (χ1n) is 9.37. The molecule has 6 heteroatoms. The van der Waals surface area contributed by atoms with Gasteiger partial charge in [0.1, 0.15) is 17.0 Å². The highest BCUT2D eigenvalue weighted by molar-refractivity contribution is 6.12. The van der Waals surface area contributed by atoms with Crippen molar-refractivity contribution in [2.75, 3.05) is 14.2 Å². The Morgan fingerprint density at radius 2 is 1.60 bits per heavy atom.